The van der Waals surface area contributed by atoms with E-state index in [1.54, 1.807) is 11.8 Å². The fraction of sp³-hybridized carbons (Fsp3) is 0.632. The standard InChI is InChI=1S/C19H31N3OS/c1-20(2)12-8-13-21(3)16-9-7-14-22(15-16)19(23)17-10-5-6-11-18(17)24-4/h5-6,10-11,16H,7-9,12-15H2,1-4H3. The molecule has 1 aromatic carbocycles. The van der Waals surface area contributed by atoms with Gasteiger partial charge in [-0.05, 0) is 71.9 Å². The molecule has 1 unspecified atom stereocenters. The zero-order valence-electron chi connectivity index (χ0n) is 15.5. The number of thioether (sulfide) groups is 1. The summed E-state index contributed by atoms with van der Waals surface area (Å²) in [6.45, 7) is 3.93. The molecule has 0 radical (unpaired) electrons. The van der Waals surface area contributed by atoms with Crippen molar-refractivity contribution in [1.82, 2.24) is 14.7 Å². The van der Waals surface area contributed by atoms with Gasteiger partial charge in [0, 0.05) is 24.0 Å². The molecule has 1 fully saturated rings. The highest BCUT2D eigenvalue weighted by atomic mass is 32.2. The van der Waals surface area contributed by atoms with Crippen molar-refractivity contribution in [3.63, 3.8) is 0 Å². The van der Waals surface area contributed by atoms with Crippen molar-refractivity contribution in [1.29, 1.82) is 0 Å². The molecule has 134 valence electrons. The van der Waals surface area contributed by atoms with Crippen molar-refractivity contribution in [3.05, 3.63) is 29.8 Å². The van der Waals surface area contributed by atoms with Crippen molar-refractivity contribution < 1.29 is 4.79 Å². The lowest BCUT2D eigenvalue weighted by molar-refractivity contribution is 0.0604. The van der Waals surface area contributed by atoms with Crippen LogP contribution in [0.5, 0.6) is 0 Å². The Bertz CT molecular complexity index is 535. The summed E-state index contributed by atoms with van der Waals surface area (Å²) >= 11 is 1.65. The molecule has 0 aliphatic carbocycles. The Labute approximate surface area is 151 Å². The minimum absolute atomic E-state index is 0.186. The van der Waals surface area contributed by atoms with Gasteiger partial charge in [0.05, 0.1) is 5.56 Å². The van der Waals surface area contributed by atoms with Gasteiger partial charge in [-0.15, -0.1) is 11.8 Å². The van der Waals surface area contributed by atoms with Gasteiger partial charge in [0.2, 0.25) is 0 Å². The number of rotatable bonds is 7. The maximum atomic E-state index is 12.9. The van der Waals surface area contributed by atoms with Crippen LogP contribution >= 0.6 is 11.8 Å². The van der Waals surface area contributed by atoms with Crippen LogP contribution in [-0.4, -0.2) is 80.2 Å². The van der Waals surface area contributed by atoms with E-state index in [4.69, 9.17) is 0 Å². The van der Waals surface area contributed by atoms with Crippen LogP contribution < -0.4 is 0 Å². The Kier molecular flexibility index (Phi) is 7.59. The summed E-state index contributed by atoms with van der Waals surface area (Å²) < 4.78 is 0. The molecule has 1 aliphatic heterocycles. The normalized spacial score (nSPS) is 18.4. The number of likely N-dealkylation sites (N-methyl/N-ethyl adjacent to an activating group) is 1. The number of benzene rings is 1. The fourth-order valence-electron chi connectivity index (χ4n) is 3.31. The highest BCUT2D eigenvalue weighted by Gasteiger charge is 2.27. The van der Waals surface area contributed by atoms with Crippen molar-refractivity contribution in [3.8, 4) is 0 Å². The summed E-state index contributed by atoms with van der Waals surface area (Å²) in [5, 5.41) is 0. The highest BCUT2D eigenvalue weighted by molar-refractivity contribution is 7.98. The second kappa shape index (κ2) is 9.44. The zero-order chi connectivity index (χ0) is 17.5. The second-order valence-electron chi connectivity index (χ2n) is 6.88. The van der Waals surface area contributed by atoms with Crippen LogP contribution in [0.4, 0.5) is 0 Å². The van der Waals surface area contributed by atoms with Crippen molar-refractivity contribution >= 4 is 17.7 Å². The van der Waals surface area contributed by atoms with E-state index in [-0.39, 0.29) is 5.91 Å². The molecule has 0 saturated carbocycles. The summed E-state index contributed by atoms with van der Waals surface area (Å²) in [5.74, 6) is 0.186. The molecule has 0 aromatic heterocycles. The zero-order valence-corrected chi connectivity index (χ0v) is 16.3. The number of carbonyl (C=O) groups excluding carboxylic acids is 1. The monoisotopic (exact) mass is 349 g/mol. The molecule has 5 heteroatoms. The van der Waals surface area contributed by atoms with E-state index < -0.39 is 0 Å². The average molecular weight is 350 g/mol. The Morgan fingerprint density at radius 3 is 2.71 bits per heavy atom. The van der Waals surface area contributed by atoms with E-state index in [1.165, 1.54) is 12.8 Å². The molecule has 4 nitrogen and oxygen atoms in total. The molecular weight excluding hydrogens is 318 g/mol. The maximum Gasteiger partial charge on any atom is 0.255 e. The highest BCUT2D eigenvalue weighted by Crippen LogP contribution is 2.23. The number of carbonyl (C=O) groups is 1. The third-order valence-electron chi connectivity index (χ3n) is 4.76. The lowest BCUT2D eigenvalue weighted by Crippen LogP contribution is -2.49. The minimum Gasteiger partial charge on any atom is -0.337 e. The van der Waals surface area contributed by atoms with Crippen LogP contribution in [0.25, 0.3) is 0 Å². The first-order chi connectivity index (χ1) is 11.5. The van der Waals surface area contributed by atoms with E-state index in [2.05, 4.69) is 30.9 Å². The summed E-state index contributed by atoms with van der Waals surface area (Å²) in [5.41, 5.74) is 0.848. The number of nitrogens with zero attached hydrogens (tertiary/aromatic N) is 3. The molecule has 0 N–H and O–H groups in total. The third-order valence-corrected chi connectivity index (χ3v) is 5.56. The number of piperidine rings is 1. The SMILES string of the molecule is CSc1ccccc1C(=O)N1CCCC(N(C)CCCN(C)C)C1. The minimum atomic E-state index is 0.186. The predicted molar refractivity (Wildman–Crippen MR) is 103 cm³/mol. The Hall–Kier alpha value is -1.04. The lowest BCUT2D eigenvalue weighted by atomic mass is 10.0. The van der Waals surface area contributed by atoms with Crippen molar-refractivity contribution in [2.24, 2.45) is 0 Å². The molecule has 24 heavy (non-hydrogen) atoms. The molecule has 1 aliphatic rings. The van der Waals surface area contributed by atoms with Gasteiger partial charge in [-0.1, -0.05) is 12.1 Å². The lowest BCUT2D eigenvalue weighted by Gasteiger charge is -2.38. The molecule has 1 heterocycles. The number of hydrogen-bond donors (Lipinski definition) is 0. The van der Waals surface area contributed by atoms with Crippen LogP contribution in [0.2, 0.25) is 0 Å². The Morgan fingerprint density at radius 2 is 2.00 bits per heavy atom. The van der Waals surface area contributed by atoms with Crippen LogP contribution in [0.15, 0.2) is 29.2 Å². The van der Waals surface area contributed by atoms with Gasteiger partial charge in [0.15, 0.2) is 0 Å². The summed E-state index contributed by atoms with van der Waals surface area (Å²) in [6.07, 6.45) is 5.48. The van der Waals surface area contributed by atoms with Crippen molar-refractivity contribution in [2.45, 2.75) is 30.2 Å². The molecule has 1 amide bonds. The number of hydrogen-bond acceptors (Lipinski definition) is 4. The molecule has 1 atom stereocenters. The number of amides is 1. The van der Waals surface area contributed by atoms with Crippen LogP contribution in [0, 0.1) is 0 Å². The summed E-state index contributed by atoms with van der Waals surface area (Å²) in [4.78, 5) is 20.7. The van der Waals surface area contributed by atoms with Crippen LogP contribution in [0.1, 0.15) is 29.6 Å². The van der Waals surface area contributed by atoms with Gasteiger partial charge < -0.3 is 14.7 Å². The molecule has 2 rings (SSSR count). The number of likely N-dealkylation sites (tertiary alicyclic amines) is 1. The van der Waals surface area contributed by atoms with E-state index in [9.17, 15) is 4.79 Å². The third kappa shape index (κ3) is 5.23. The molecule has 0 spiro atoms. The van der Waals surface area contributed by atoms with Crippen LogP contribution in [-0.2, 0) is 0 Å². The van der Waals surface area contributed by atoms with Crippen molar-refractivity contribution in [2.75, 3.05) is 53.6 Å². The smallest absolute Gasteiger partial charge is 0.255 e. The molecular formula is C19H31N3OS. The Balaban J connectivity index is 1.95. The first-order valence-electron chi connectivity index (χ1n) is 8.80. The molecule has 1 aromatic rings. The van der Waals surface area contributed by atoms with E-state index in [0.29, 0.717) is 6.04 Å². The molecule has 1 saturated heterocycles. The van der Waals surface area contributed by atoms with Gasteiger partial charge in [-0.25, -0.2) is 0 Å². The van der Waals surface area contributed by atoms with E-state index in [0.717, 1.165) is 43.1 Å². The fourth-order valence-corrected chi connectivity index (χ4v) is 3.90. The van der Waals surface area contributed by atoms with Crippen LogP contribution in [0.3, 0.4) is 0 Å². The van der Waals surface area contributed by atoms with Gasteiger partial charge in [0.25, 0.3) is 5.91 Å². The first kappa shape index (κ1) is 19.3. The average Bonchev–Trinajstić information content (AvgIpc) is 2.60. The Morgan fingerprint density at radius 1 is 1.25 bits per heavy atom. The second-order valence-corrected chi connectivity index (χ2v) is 7.73. The van der Waals surface area contributed by atoms with Gasteiger partial charge in [0.1, 0.15) is 0 Å². The maximum absolute atomic E-state index is 12.9. The topological polar surface area (TPSA) is 26.8 Å². The quantitative estimate of drug-likeness (QED) is 0.707. The van der Waals surface area contributed by atoms with Gasteiger partial charge >= 0.3 is 0 Å². The van der Waals surface area contributed by atoms with Gasteiger partial charge in [-0.2, -0.15) is 0 Å². The first-order valence-corrected chi connectivity index (χ1v) is 10.0. The summed E-state index contributed by atoms with van der Waals surface area (Å²) in [6, 6.07) is 8.43. The van der Waals surface area contributed by atoms with E-state index in [1.807, 2.05) is 35.4 Å². The largest absolute Gasteiger partial charge is 0.337 e. The predicted octanol–water partition coefficient (Wildman–Crippen LogP) is 2.90. The van der Waals surface area contributed by atoms with Gasteiger partial charge in [-0.3, -0.25) is 4.79 Å². The summed E-state index contributed by atoms with van der Waals surface area (Å²) in [7, 11) is 6.43. The van der Waals surface area contributed by atoms with E-state index >= 15 is 0 Å². The molecule has 0 bridgehead atoms.